The quantitative estimate of drug-likeness (QED) is 0.511. The van der Waals surface area contributed by atoms with Crippen molar-refractivity contribution in [3.63, 3.8) is 0 Å². The Bertz CT molecular complexity index is 202. The fourth-order valence-corrected chi connectivity index (χ4v) is 1.63. The van der Waals surface area contributed by atoms with Crippen molar-refractivity contribution in [3.05, 3.63) is 10.1 Å². The van der Waals surface area contributed by atoms with Gasteiger partial charge in [-0.05, 0) is 34.3 Å². The lowest BCUT2D eigenvalue weighted by Crippen LogP contribution is -2.11. The Morgan fingerprint density at radius 3 is 2.58 bits per heavy atom. The maximum Gasteiger partial charge on any atom is 0.344 e. The van der Waals surface area contributed by atoms with Gasteiger partial charge in [0.1, 0.15) is 4.48 Å². The molecule has 0 radical (unpaired) electrons. The molecule has 0 aromatic heterocycles. The van der Waals surface area contributed by atoms with Crippen LogP contribution in [0.25, 0.3) is 0 Å². The highest BCUT2D eigenvalue weighted by Crippen LogP contribution is 2.22. The number of carbonyl (C=O) groups is 1. The summed E-state index contributed by atoms with van der Waals surface area (Å²) in [5.74, 6) is -0.299. The average molecular weight is 235 g/mol. The zero-order valence-electron chi connectivity index (χ0n) is 6.93. The number of hydrogen-bond donors (Lipinski definition) is 0. The van der Waals surface area contributed by atoms with E-state index in [4.69, 9.17) is 4.74 Å². The molecule has 4 heteroatoms. The van der Waals surface area contributed by atoms with Crippen LogP contribution in [0, 0.1) is 0 Å². The molecule has 0 unspecified atom stereocenters. The van der Waals surface area contributed by atoms with E-state index in [0.717, 1.165) is 18.4 Å². The lowest BCUT2D eigenvalue weighted by molar-refractivity contribution is -0.135. The molecule has 0 amide bonds. The molecule has 1 rings (SSSR count). The molecule has 0 aliphatic carbocycles. The minimum Gasteiger partial charge on any atom is -0.465 e. The van der Waals surface area contributed by atoms with Gasteiger partial charge in [-0.3, -0.25) is 0 Å². The van der Waals surface area contributed by atoms with E-state index in [1.807, 2.05) is 0 Å². The largest absolute Gasteiger partial charge is 0.465 e. The van der Waals surface area contributed by atoms with Crippen LogP contribution in [-0.4, -0.2) is 26.3 Å². The first-order valence-electron chi connectivity index (χ1n) is 3.79. The number of rotatable bonds is 1. The fraction of sp³-hybridized carbons (Fsp3) is 0.625. The molecule has 3 nitrogen and oxygen atoms in total. The molecule has 68 valence electrons. The molecular weight excluding hydrogens is 224 g/mol. The van der Waals surface area contributed by atoms with Crippen molar-refractivity contribution in [2.24, 2.45) is 0 Å². The molecule has 12 heavy (non-hydrogen) atoms. The monoisotopic (exact) mass is 234 g/mol. The van der Waals surface area contributed by atoms with Gasteiger partial charge in [0.15, 0.2) is 0 Å². The molecule has 1 saturated heterocycles. The molecule has 0 atom stereocenters. The predicted octanol–water partition coefficient (Wildman–Crippen LogP) is 1.62. The van der Waals surface area contributed by atoms with E-state index in [1.54, 1.807) is 0 Å². The van der Waals surface area contributed by atoms with Crippen LogP contribution in [0.4, 0.5) is 0 Å². The highest BCUT2D eigenvalue weighted by Gasteiger charge is 2.15. The van der Waals surface area contributed by atoms with Gasteiger partial charge in [0.2, 0.25) is 0 Å². The first kappa shape index (κ1) is 9.74. The zero-order valence-corrected chi connectivity index (χ0v) is 8.52. The Hall–Kier alpha value is -0.350. The summed E-state index contributed by atoms with van der Waals surface area (Å²) < 4.78 is 10.3. The van der Waals surface area contributed by atoms with Crippen LogP contribution in [0.15, 0.2) is 10.1 Å². The Labute approximate surface area is 79.9 Å². The van der Waals surface area contributed by atoms with Gasteiger partial charge < -0.3 is 9.47 Å². The molecule has 1 aliphatic rings. The van der Waals surface area contributed by atoms with Crippen molar-refractivity contribution >= 4 is 21.9 Å². The number of methoxy groups -OCH3 is 1. The SMILES string of the molecule is COC(=O)C(Br)=C1CCOCC1. The van der Waals surface area contributed by atoms with E-state index >= 15 is 0 Å². The standard InChI is InChI=1S/C8H11BrO3/c1-11-8(10)7(9)6-2-4-12-5-3-6/h2-5H2,1H3. The van der Waals surface area contributed by atoms with E-state index in [0.29, 0.717) is 17.7 Å². The Morgan fingerprint density at radius 1 is 1.50 bits per heavy atom. The number of carbonyl (C=O) groups excluding carboxylic acids is 1. The Kier molecular flexibility index (Phi) is 3.75. The van der Waals surface area contributed by atoms with Gasteiger partial charge in [-0.1, -0.05) is 0 Å². The Balaban J connectivity index is 2.66. The van der Waals surface area contributed by atoms with Gasteiger partial charge in [0.25, 0.3) is 0 Å². The van der Waals surface area contributed by atoms with Crippen molar-refractivity contribution in [1.29, 1.82) is 0 Å². The van der Waals surface area contributed by atoms with Crippen molar-refractivity contribution < 1.29 is 14.3 Å². The highest BCUT2D eigenvalue weighted by molar-refractivity contribution is 9.12. The van der Waals surface area contributed by atoms with E-state index in [2.05, 4.69) is 20.7 Å². The van der Waals surface area contributed by atoms with Gasteiger partial charge in [-0.25, -0.2) is 4.79 Å². The molecule has 0 aromatic rings. The molecule has 0 aromatic carbocycles. The van der Waals surface area contributed by atoms with Crippen LogP contribution < -0.4 is 0 Å². The van der Waals surface area contributed by atoms with E-state index in [-0.39, 0.29) is 5.97 Å². The highest BCUT2D eigenvalue weighted by atomic mass is 79.9. The predicted molar refractivity (Wildman–Crippen MR) is 48.0 cm³/mol. The van der Waals surface area contributed by atoms with Crippen LogP contribution in [0.3, 0.4) is 0 Å². The van der Waals surface area contributed by atoms with E-state index in [1.165, 1.54) is 7.11 Å². The normalized spacial score (nSPS) is 17.3. The second-order valence-electron chi connectivity index (χ2n) is 2.52. The van der Waals surface area contributed by atoms with Crippen LogP contribution >= 0.6 is 15.9 Å². The number of ether oxygens (including phenoxy) is 2. The summed E-state index contributed by atoms with van der Waals surface area (Å²) in [6, 6.07) is 0. The minimum atomic E-state index is -0.299. The van der Waals surface area contributed by atoms with Crippen molar-refractivity contribution in [2.45, 2.75) is 12.8 Å². The molecule has 1 heterocycles. The van der Waals surface area contributed by atoms with Gasteiger partial charge >= 0.3 is 5.97 Å². The summed E-state index contributed by atoms with van der Waals surface area (Å²) in [5, 5.41) is 0. The summed E-state index contributed by atoms with van der Waals surface area (Å²) in [5.41, 5.74) is 1.09. The Morgan fingerprint density at radius 2 is 2.08 bits per heavy atom. The van der Waals surface area contributed by atoms with Gasteiger partial charge in [-0.2, -0.15) is 0 Å². The smallest absolute Gasteiger partial charge is 0.344 e. The topological polar surface area (TPSA) is 35.5 Å². The summed E-state index contributed by atoms with van der Waals surface area (Å²) in [6.07, 6.45) is 1.63. The first-order valence-corrected chi connectivity index (χ1v) is 4.58. The van der Waals surface area contributed by atoms with Crippen LogP contribution in [0.2, 0.25) is 0 Å². The summed E-state index contributed by atoms with van der Waals surface area (Å²) >= 11 is 3.21. The average Bonchev–Trinajstić information content (AvgIpc) is 2.17. The molecule has 0 bridgehead atoms. The summed E-state index contributed by atoms with van der Waals surface area (Å²) in [4.78, 5) is 11.0. The fourth-order valence-electron chi connectivity index (χ4n) is 1.07. The third kappa shape index (κ3) is 2.32. The van der Waals surface area contributed by atoms with Crippen LogP contribution in [0.1, 0.15) is 12.8 Å². The van der Waals surface area contributed by atoms with Crippen LogP contribution in [0.5, 0.6) is 0 Å². The van der Waals surface area contributed by atoms with Crippen LogP contribution in [-0.2, 0) is 14.3 Å². The minimum absolute atomic E-state index is 0.299. The van der Waals surface area contributed by atoms with Gasteiger partial charge in [-0.15, -0.1) is 0 Å². The lowest BCUT2D eigenvalue weighted by Gasteiger charge is -2.15. The maximum absolute atomic E-state index is 11.0. The number of esters is 1. The van der Waals surface area contributed by atoms with Crippen molar-refractivity contribution in [2.75, 3.05) is 20.3 Å². The first-order chi connectivity index (χ1) is 5.75. The molecule has 0 spiro atoms. The third-order valence-corrected chi connectivity index (χ3v) is 2.66. The summed E-state index contributed by atoms with van der Waals surface area (Å²) in [7, 11) is 1.38. The summed E-state index contributed by atoms with van der Waals surface area (Å²) in [6.45, 7) is 1.39. The molecule has 1 aliphatic heterocycles. The number of hydrogen-bond acceptors (Lipinski definition) is 3. The van der Waals surface area contributed by atoms with Crippen molar-refractivity contribution in [1.82, 2.24) is 0 Å². The van der Waals surface area contributed by atoms with Gasteiger partial charge in [0, 0.05) is 0 Å². The zero-order chi connectivity index (χ0) is 8.97. The molecule has 0 N–H and O–H groups in total. The number of halogens is 1. The molecule has 0 saturated carbocycles. The maximum atomic E-state index is 11.0. The van der Waals surface area contributed by atoms with Gasteiger partial charge in [0.05, 0.1) is 20.3 Å². The van der Waals surface area contributed by atoms with E-state index < -0.39 is 0 Å². The second-order valence-corrected chi connectivity index (χ2v) is 3.31. The van der Waals surface area contributed by atoms with Crippen molar-refractivity contribution in [3.8, 4) is 0 Å². The lowest BCUT2D eigenvalue weighted by atomic mass is 10.1. The molecule has 1 fully saturated rings. The molecular formula is C8H11BrO3. The second kappa shape index (κ2) is 4.62. The third-order valence-electron chi connectivity index (χ3n) is 1.77. The van der Waals surface area contributed by atoms with E-state index in [9.17, 15) is 4.79 Å².